The van der Waals surface area contributed by atoms with Crippen LogP contribution in [0.4, 0.5) is 0 Å². The zero-order valence-electron chi connectivity index (χ0n) is 11.3. The molecule has 2 aliphatic carbocycles. The first-order valence-corrected chi connectivity index (χ1v) is 8.71. The molecule has 2 aromatic rings. The number of hydrogen-bond acceptors (Lipinski definition) is 3. The van der Waals surface area contributed by atoms with Gasteiger partial charge >= 0.3 is 0 Å². The lowest BCUT2D eigenvalue weighted by Gasteiger charge is -2.19. The second kappa shape index (κ2) is 5.35. The van der Waals surface area contributed by atoms with Crippen LogP contribution in [0.2, 0.25) is 5.02 Å². The Bertz CT molecular complexity index is 783. The molecule has 3 nitrogen and oxygen atoms in total. The van der Waals surface area contributed by atoms with Gasteiger partial charge in [-0.25, -0.2) is 8.42 Å². The van der Waals surface area contributed by atoms with Crippen LogP contribution in [0.25, 0.3) is 0 Å². The van der Waals surface area contributed by atoms with E-state index in [1.165, 1.54) is 0 Å². The Morgan fingerprint density at radius 1 is 1.05 bits per heavy atom. The zero-order valence-corrected chi connectivity index (χ0v) is 12.9. The summed E-state index contributed by atoms with van der Waals surface area (Å²) in [5.74, 6) is 0.0263. The van der Waals surface area contributed by atoms with Gasteiger partial charge in [0.15, 0.2) is 0 Å². The van der Waals surface area contributed by atoms with Crippen LogP contribution in [0.15, 0.2) is 46.2 Å². The summed E-state index contributed by atoms with van der Waals surface area (Å²) < 4.78 is 25.7. The number of benzene rings is 2. The second-order valence-corrected chi connectivity index (χ2v) is 7.49. The van der Waals surface area contributed by atoms with Crippen LogP contribution in [-0.2, 0) is 22.7 Å². The third-order valence-electron chi connectivity index (χ3n) is 3.85. The fourth-order valence-electron chi connectivity index (χ4n) is 2.71. The normalized spacial score (nSPS) is 14.7. The molecular formula is C16H15ClO3S. The smallest absolute Gasteiger partial charge is 0.206 e. The predicted molar refractivity (Wildman–Crippen MR) is 81.7 cm³/mol. The summed E-state index contributed by atoms with van der Waals surface area (Å²) in [5.41, 5.74) is 1.14. The second-order valence-electron chi connectivity index (χ2n) is 5.20. The Morgan fingerprint density at radius 2 is 1.71 bits per heavy atom. The highest BCUT2D eigenvalue weighted by Gasteiger charge is 2.27. The summed E-state index contributed by atoms with van der Waals surface area (Å²) in [6, 6.07) is 9.90. The maximum absolute atomic E-state index is 12.8. The summed E-state index contributed by atoms with van der Waals surface area (Å²) in [7, 11) is -3.62. The van der Waals surface area contributed by atoms with Crippen LogP contribution in [0.1, 0.15) is 24.0 Å². The standard InChI is InChI=1S/C16H15ClO3S/c17-15-13-9-5-4-6-11(16(15)18)10-14(13)21(19,20)12-7-2-1-3-8-12/h1-3,7-8,10,18H,4-6,9H2. The van der Waals surface area contributed by atoms with Crippen molar-refractivity contribution >= 4 is 21.4 Å². The summed E-state index contributed by atoms with van der Waals surface area (Å²) in [5, 5.41) is 10.3. The van der Waals surface area contributed by atoms with Gasteiger partial charge in [0.1, 0.15) is 5.75 Å². The van der Waals surface area contributed by atoms with Gasteiger partial charge in [-0.1, -0.05) is 29.8 Å². The van der Waals surface area contributed by atoms with Crippen LogP contribution in [-0.4, -0.2) is 13.5 Å². The number of hydrogen-bond donors (Lipinski definition) is 1. The van der Waals surface area contributed by atoms with Crippen molar-refractivity contribution in [1.29, 1.82) is 0 Å². The van der Waals surface area contributed by atoms with Crippen LogP contribution in [0.3, 0.4) is 0 Å². The molecule has 0 heterocycles. The van der Waals surface area contributed by atoms with Crippen molar-refractivity contribution in [3.63, 3.8) is 0 Å². The van der Waals surface area contributed by atoms with E-state index in [-0.39, 0.29) is 20.6 Å². The lowest BCUT2D eigenvalue weighted by atomic mass is 9.96. The molecule has 110 valence electrons. The van der Waals surface area contributed by atoms with E-state index < -0.39 is 9.84 Å². The lowest BCUT2D eigenvalue weighted by molar-refractivity contribution is 0.462. The van der Waals surface area contributed by atoms with Gasteiger partial charge in [-0.05, 0) is 55.0 Å². The molecule has 0 unspecified atom stereocenters. The SMILES string of the molecule is O=S(=O)(c1ccccc1)c1cc2c(O)c(Cl)c1CCCC2. The van der Waals surface area contributed by atoms with Crippen molar-refractivity contribution in [1.82, 2.24) is 0 Å². The molecule has 5 heteroatoms. The molecule has 0 saturated carbocycles. The molecule has 2 aliphatic rings. The maximum Gasteiger partial charge on any atom is 0.206 e. The van der Waals surface area contributed by atoms with E-state index in [0.29, 0.717) is 24.0 Å². The topological polar surface area (TPSA) is 54.4 Å². The fourth-order valence-corrected chi connectivity index (χ4v) is 4.68. The molecule has 21 heavy (non-hydrogen) atoms. The van der Waals surface area contributed by atoms with Crippen LogP contribution < -0.4 is 0 Å². The predicted octanol–water partition coefficient (Wildman–Crippen LogP) is 3.76. The molecule has 0 spiro atoms. The third-order valence-corrected chi connectivity index (χ3v) is 6.09. The Labute approximate surface area is 129 Å². The van der Waals surface area contributed by atoms with Crippen molar-refractivity contribution in [3.8, 4) is 5.75 Å². The number of sulfone groups is 1. The van der Waals surface area contributed by atoms with Crippen molar-refractivity contribution < 1.29 is 13.5 Å². The average Bonchev–Trinajstić information content (AvgIpc) is 2.46. The van der Waals surface area contributed by atoms with Gasteiger partial charge in [0, 0.05) is 0 Å². The summed E-state index contributed by atoms with van der Waals surface area (Å²) in [6.45, 7) is 0. The van der Waals surface area contributed by atoms with Gasteiger partial charge in [0.05, 0.1) is 14.8 Å². The first-order valence-electron chi connectivity index (χ1n) is 6.85. The van der Waals surface area contributed by atoms with E-state index in [4.69, 9.17) is 11.6 Å². The van der Waals surface area contributed by atoms with Crippen molar-refractivity contribution in [2.45, 2.75) is 35.5 Å². The molecule has 0 radical (unpaired) electrons. The Hall–Kier alpha value is -1.52. The van der Waals surface area contributed by atoms with Gasteiger partial charge < -0.3 is 5.11 Å². The highest BCUT2D eigenvalue weighted by molar-refractivity contribution is 7.91. The molecule has 4 rings (SSSR count). The number of aryl methyl sites for hydroxylation is 1. The fraction of sp³-hybridized carbons (Fsp3) is 0.250. The average molecular weight is 323 g/mol. The lowest BCUT2D eigenvalue weighted by Crippen LogP contribution is -2.10. The summed E-state index contributed by atoms with van der Waals surface area (Å²) >= 11 is 6.20. The molecule has 0 fully saturated rings. The van der Waals surface area contributed by atoms with Gasteiger partial charge in [0.25, 0.3) is 0 Å². The first kappa shape index (κ1) is 14.4. The number of phenols is 1. The molecule has 0 aliphatic heterocycles. The van der Waals surface area contributed by atoms with E-state index in [1.807, 2.05) is 0 Å². The van der Waals surface area contributed by atoms with E-state index in [9.17, 15) is 13.5 Å². The van der Waals surface area contributed by atoms with E-state index in [2.05, 4.69) is 0 Å². The van der Waals surface area contributed by atoms with E-state index >= 15 is 0 Å². The summed E-state index contributed by atoms with van der Waals surface area (Å²) in [6.07, 6.45) is 2.99. The van der Waals surface area contributed by atoms with Crippen LogP contribution >= 0.6 is 11.6 Å². The van der Waals surface area contributed by atoms with E-state index in [0.717, 1.165) is 12.8 Å². The van der Waals surface area contributed by atoms with Crippen LogP contribution in [0.5, 0.6) is 5.75 Å². The minimum atomic E-state index is -3.62. The van der Waals surface area contributed by atoms with Gasteiger partial charge in [0.2, 0.25) is 9.84 Å². The monoisotopic (exact) mass is 322 g/mol. The van der Waals surface area contributed by atoms with Crippen molar-refractivity contribution in [3.05, 3.63) is 52.5 Å². The van der Waals surface area contributed by atoms with E-state index in [1.54, 1.807) is 36.4 Å². The van der Waals surface area contributed by atoms with Gasteiger partial charge in [-0.3, -0.25) is 0 Å². The Balaban J connectivity index is 2.27. The molecule has 0 amide bonds. The highest BCUT2D eigenvalue weighted by Crippen LogP contribution is 2.40. The molecule has 0 aromatic heterocycles. The number of fused-ring (bicyclic) bond motifs is 5. The Morgan fingerprint density at radius 3 is 2.43 bits per heavy atom. The van der Waals surface area contributed by atoms with Gasteiger partial charge in [-0.15, -0.1) is 0 Å². The molecule has 0 saturated heterocycles. The molecular weight excluding hydrogens is 308 g/mol. The third kappa shape index (κ3) is 2.43. The largest absolute Gasteiger partial charge is 0.506 e. The minimum Gasteiger partial charge on any atom is -0.506 e. The Kier molecular flexibility index (Phi) is 3.68. The number of aromatic hydroxyl groups is 1. The quantitative estimate of drug-likeness (QED) is 0.916. The maximum atomic E-state index is 12.8. The van der Waals surface area contributed by atoms with Crippen molar-refractivity contribution in [2.75, 3.05) is 0 Å². The number of halogens is 1. The van der Waals surface area contributed by atoms with Gasteiger partial charge in [-0.2, -0.15) is 0 Å². The van der Waals surface area contributed by atoms with Crippen molar-refractivity contribution in [2.24, 2.45) is 0 Å². The van der Waals surface area contributed by atoms with Crippen LogP contribution in [0, 0.1) is 0 Å². The molecule has 0 atom stereocenters. The first-order chi connectivity index (χ1) is 10.0. The number of phenolic OH excluding ortho intramolecular Hbond substituents is 1. The molecule has 2 bridgehead atoms. The number of rotatable bonds is 2. The highest BCUT2D eigenvalue weighted by atomic mass is 35.5. The molecule has 2 aromatic carbocycles. The minimum absolute atomic E-state index is 0.0263. The molecule has 1 N–H and O–H groups in total. The zero-order chi connectivity index (χ0) is 15.0. The summed E-state index contributed by atoms with van der Waals surface area (Å²) in [4.78, 5) is 0.478.